The van der Waals surface area contributed by atoms with Crippen LogP contribution in [0, 0.1) is 0 Å². The highest BCUT2D eigenvalue weighted by atomic mass is 16.5. The highest BCUT2D eigenvalue weighted by molar-refractivity contribution is 5.89. The van der Waals surface area contributed by atoms with Gasteiger partial charge in [-0.3, -0.25) is 0 Å². The van der Waals surface area contributed by atoms with Gasteiger partial charge in [0.25, 0.3) is 0 Å². The van der Waals surface area contributed by atoms with Gasteiger partial charge in [-0.25, -0.2) is 4.79 Å². The molecular weight excluding hydrogens is 218 g/mol. The maximum absolute atomic E-state index is 11.7. The molecule has 0 aliphatic heterocycles. The first-order chi connectivity index (χ1) is 8.13. The Bertz CT molecular complexity index is 363. The molecule has 0 heterocycles. The topological polar surface area (TPSA) is 38.8 Å². The molecule has 0 atom stereocenters. The van der Waals surface area contributed by atoms with E-state index in [9.17, 15) is 4.79 Å². The number of carbonyl (C=O) groups is 1. The van der Waals surface area contributed by atoms with E-state index in [1.165, 1.54) is 0 Å². The van der Waals surface area contributed by atoms with Crippen LogP contribution < -0.4 is 4.74 Å². The first-order valence-corrected chi connectivity index (χ1v) is 5.68. The number of hydrogen-bond donors (Lipinski definition) is 0. The van der Waals surface area contributed by atoms with Crippen LogP contribution >= 0.6 is 0 Å². The Morgan fingerprint density at radius 2 is 2.12 bits per heavy atom. The maximum atomic E-state index is 11.7. The molecule has 0 saturated carbocycles. The maximum Gasteiger partial charge on any atom is 0.338 e. The predicted octanol–water partition coefficient (Wildman–Crippen LogP) is 1.80. The number of carbonyl (C=O) groups excluding carboxylic acids is 1. The Morgan fingerprint density at radius 1 is 1.35 bits per heavy atom. The van der Waals surface area contributed by atoms with Gasteiger partial charge in [-0.2, -0.15) is 0 Å². The number of ether oxygens (including phenoxy) is 2. The Labute approximate surface area is 102 Å². The van der Waals surface area contributed by atoms with Gasteiger partial charge >= 0.3 is 5.97 Å². The molecule has 17 heavy (non-hydrogen) atoms. The zero-order valence-electron chi connectivity index (χ0n) is 10.6. The largest absolute Gasteiger partial charge is 0.494 e. The fourth-order valence-electron chi connectivity index (χ4n) is 1.28. The van der Waals surface area contributed by atoms with Gasteiger partial charge in [0.1, 0.15) is 12.4 Å². The summed E-state index contributed by atoms with van der Waals surface area (Å²) in [6, 6.07) is 7.02. The molecule has 0 aromatic heterocycles. The third-order valence-corrected chi connectivity index (χ3v) is 2.15. The lowest BCUT2D eigenvalue weighted by molar-refractivity contribution is 0.0481. The molecule has 0 unspecified atom stereocenters. The number of likely N-dealkylation sites (N-methyl/N-ethyl adjacent to an activating group) is 1. The Kier molecular flexibility index (Phi) is 5.49. The van der Waals surface area contributed by atoms with Crippen LogP contribution in [0.5, 0.6) is 5.75 Å². The van der Waals surface area contributed by atoms with E-state index >= 15 is 0 Å². The third-order valence-electron chi connectivity index (χ3n) is 2.15. The highest BCUT2D eigenvalue weighted by Gasteiger charge is 2.07. The first kappa shape index (κ1) is 13.5. The third kappa shape index (κ3) is 4.87. The minimum atomic E-state index is -0.312. The summed E-state index contributed by atoms with van der Waals surface area (Å²) in [5.41, 5.74) is 0.523. The normalized spacial score (nSPS) is 10.4. The summed E-state index contributed by atoms with van der Waals surface area (Å²) >= 11 is 0. The van der Waals surface area contributed by atoms with Crippen molar-refractivity contribution in [1.82, 2.24) is 4.90 Å². The smallest absolute Gasteiger partial charge is 0.338 e. The van der Waals surface area contributed by atoms with Crippen molar-refractivity contribution in [2.24, 2.45) is 0 Å². The molecule has 0 N–H and O–H groups in total. The molecule has 0 radical (unpaired) electrons. The summed E-state index contributed by atoms with van der Waals surface area (Å²) in [5, 5.41) is 0. The van der Waals surface area contributed by atoms with Crippen molar-refractivity contribution in [2.45, 2.75) is 6.92 Å². The van der Waals surface area contributed by atoms with Gasteiger partial charge in [0.2, 0.25) is 0 Å². The Balaban J connectivity index is 2.53. The summed E-state index contributed by atoms with van der Waals surface area (Å²) < 4.78 is 10.5. The molecule has 0 aliphatic carbocycles. The highest BCUT2D eigenvalue weighted by Crippen LogP contribution is 2.13. The molecule has 0 bridgehead atoms. The summed E-state index contributed by atoms with van der Waals surface area (Å²) in [7, 11) is 3.87. The summed E-state index contributed by atoms with van der Waals surface area (Å²) in [6.07, 6.45) is 0. The van der Waals surface area contributed by atoms with Crippen LogP contribution in [0.1, 0.15) is 17.3 Å². The van der Waals surface area contributed by atoms with Gasteiger partial charge in [-0.1, -0.05) is 6.07 Å². The van der Waals surface area contributed by atoms with E-state index in [1.54, 1.807) is 18.2 Å². The molecule has 0 fully saturated rings. The standard InChI is InChI=1S/C13H19NO3/c1-4-16-12-7-5-6-11(10-12)13(15)17-9-8-14(2)3/h5-7,10H,4,8-9H2,1-3H3. The van der Waals surface area contributed by atoms with Crippen LogP contribution in [0.2, 0.25) is 0 Å². The van der Waals surface area contributed by atoms with Crippen molar-refractivity contribution in [3.63, 3.8) is 0 Å². The van der Waals surface area contributed by atoms with Gasteiger partial charge in [-0.15, -0.1) is 0 Å². The zero-order chi connectivity index (χ0) is 12.7. The summed E-state index contributed by atoms with van der Waals surface area (Å²) in [5.74, 6) is 0.378. The monoisotopic (exact) mass is 237 g/mol. The first-order valence-electron chi connectivity index (χ1n) is 5.68. The van der Waals surface area contributed by atoms with E-state index < -0.39 is 0 Å². The van der Waals surface area contributed by atoms with E-state index in [4.69, 9.17) is 9.47 Å². The molecule has 1 aromatic rings. The second-order valence-corrected chi connectivity index (χ2v) is 3.90. The summed E-state index contributed by atoms with van der Waals surface area (Å²) in [6.45, 7) is 3.60. The van der Waals surface area contributed by atoms with Crippen LogP contribution in [0.3, 0.4) is 0 Å². The second kappa shape index (κ2) is 6.91. The van der Waals surface area contributed by atoms with Crippen molar-refractivity contribution < 1.29 is 14.3 Å². The van der Waals surface area contributed by atoms with E-state index in [0.29, 0.717) is 24.5 Å². The Morgan fingerprint density at radius 3 is 2.76 bits per heavy atom. The lowest BCUT2D eigenvalue weighted by atomic mass is 10.2. The molecule has 0 amide bonds. The van der Waals surface area contributed by atoms with Crippen molar-refractivity contribution in [3.8, 4) is 5.75 Å². The molecule has 1 rings (SSSR count). The molecule has 0 spiro atoms. The fourth-order valence-corrected chi connectivity index (χ4v) is 1.28. The fraction of sp³-hybridized carbons (Fsp3) is 0.462. The zero-order valence-corrected chi connectivity index (χ0v) is 10.6. The predicted molar refractivity (Wildman–Crippen MR) is 66.4 cm³/mol. The molecule has 4 heteroatoms. The van der Waals surface area contributed by atoms with Gasteiger partial charge < -0.3 is 14.4 Å². The average molecular weight is 237 g/mol. The van der Waals surface area contributed by atoms with Crippen LogP contribution in [0.25, 0.3) is 0 Å². The van der Waals surface area contributed by atoms with E-state index in [2.05, 4.69) is 0 Å². The lowest BCUT2D eigenvalue weighted by Gasteiger charge is -2.10. The van der Waals surface area contributed by atoms with Gasteiger partial charge in [-0.05, 0) is 39.2 Å². The number of nitrogens with zero attached hydrogens (tertiary/aromatic N) is 1. The molecule has 94 valence electrons. The van der Waals surface area contributed by atoms with Gasteiger partial charge in [0, 0.05) is 6.54 Å². The van der Waals surface area contributed by atoms with Crippen LogP contribution in [0.4, 0.5) is 0 Å². The van der Waals surface area contributed by atoms with E-state index in [0.717, 1.165) is 6.54 Å². The lowest BCUT2D eigenvalue weighted by Crippen LogP contribution is -2.20. The van der Waals surface area contributed by atoms with Gasteiger partial charge in [0.05, 0.1) is 12.2 Å². The van der Waals surface area contributed by atoms with Crippen molar-refractivity contribution in [1.29, 1.82) is 0 Å². The Hall–Kier alpha value is -1.55. The molecule has 1 aromatic carbocycles. The minimum Gasteiger partial charge on any atom is -0.494 e. The summed E-state index contributed by atoms with van der Waals surface area (Å²) in [4.78, 5) is 13.6. The van der Waals surface area contributed by atoms with Gasteiger partial charge in [0.15, 0.2) is 0 Å². The quantitative estimate of drug-likeness (QED) is 0.707. The molecule has 4 nitrogen and oxygen atoms in total. The van der Waals surface area contributed by atoms with E-state index in [-0.39, 0.29) is 5.97 Å². The van der Waals surface area contributed by atoms with Crippen LogP contribution in [-0.2, 0) is 4.74 Å². The molecule has 0 aliphatic rings. The van der Waals surface area contributed by atoms with Crippen molar-refractivity contribution in [3.05, 3.63) is 29.8 Å². The number of rotatable bonds is 6. The SMILES string of the molecule is CCOc1cccc(C(=O)OCCN(C)C)c1. The van der Waals surface area contributed by atoms with Crippen LogP contribution in [-0.4, -0.2) is 44.7 Å². The molecular formula is C13H19NO3. The van der Waals surface area contributed by atoms with Crippen molar-refractivity contribution in [2.75, 3.05) is 33.9 Å². The molecule has 0 saturated heterocycles. The number of benzene rings is 1. The number of esters is 1. The van der Waals surface area contributed by atoms with Crippen LogP contribution in [0.15, 0.2) is 24.3 Å². The average Bonchev–Trinajstić information content (AvgIpc) is 2.29. The van der Waals surface area contributed by atoms with E-state index in [1.807, 2.05) is 32.0 Å². The van der Waals surface area contributed by atoms with Crippen molar-refractivity contribution >= 4 is 5.97 Å². The minimum absolute atomic E-state index is 0.312. The second-order valence-electron chi connectivity index (χ2n) is 3.90. The number of hydrogen-bond acceptors (Lipinski definition) is 4.